The average Bonchev–Trinajstić information content (AvgIpc) is 2.56. The van der Waals surface area contributed by atoms with E-state index >= 15 is 0 Å². The van der Waals surface area contributed by atoms with Crippen LogP contribution in [-0.4, -0.2) is 18.4 Å². The summed E-state index contributed by atoms with van der Waals surface area (Å²) in [5, 5.41) is 5.77. The lowest BCUT2D eigenvalue weighted by atomic mass is 10.1. The third kappa shape index (κ3) is 4.95. The van der Waals surface area contributed by atoms with Gasteiger partial charge in [0, 0.05) is 23.4 Å². The number of amides is 2. The Labute approximate surface area is 143 Å². The van der Waals surface area contributed by atoms with Gasteiger partial charge in [-0.05, 0) is 55.2 Å². The molecular weight excluding hydrogens is 300 g/mol. The Hall–Kier alpha value is -2.62. The lowest BCUT2D eigenvalue weighted by Crippen LogP contribution is -2.25. The minimum absolute atomic E-state index is 0.110. The summed E-state index contributed by atoms with van der Waals surface area (Å²) >= 11 is 0. The van der Waals surface area contributed by atoms with Gasteiger partial charge in [-0.3, -0.25) is 9.59 Å². The minimum atomic E-state index is -0.184. The van der Waals surface area contributed by atoms with E-state index in [4.69, 9.17) is 0 Å². The van der Waals surface area contributed by atoms with Crippen molar-refractivity contribution in [2.24, 2.45) is 5.92 Å². The van der Waals surface area contributed by atoms with Crippen LogP contribution in [0.5, 0.6) is 0 Å². The first-order valence-electron chi connectivity index (χ1n) is 8.22. The maximum atomic E-state index is 12.3. The molecule has 2 amide bonds. The molecule has 0 aliphatic heterocycles. The van der Waals surface area contributed by atoms with E-state index in [0.717, 1.165) is 17.7 Å². The predicted molar refractivity (Wildman–Crippen MR) is 97.4 cm³/mol. The fourth-order valence-electron chi connectivity index (χ4n) is 2.26. The fraction of sp³-hybridized carbons (Fsp3) is 0.300. The van der Waals surface area contributed by atoms with Gasteiger partial charge >= 0.3 is 0 Å². The quantitative estimate of drug-likeness (QED) is 0.843. The molecule has 0 unspecified atom stereocenters. The zero-order valence-electron chi connectivity index (χ0n) is 14.4. The maximum Gasteiger partial charge on any atom is 0.255 e. The molecule has 2 rings (SSSR count). The number of anilines is 1. The summed E-state index contributed by atoms with van der Waals surface area (Å²) in [4.78, 5) is 24.3. The van der Waals surface area contributed by atoms with Crippen LogP contribution in [0.4, 0.5) is 5.69 Å². The molecule has 0 aliphatic rings. The SMILES string of the molecule is Cc1ccccc1NC(=O)c1ccc(C(=O)NCCC(C)C)cc1. The van der Waals surface area contributed by atoms with Gasteiger partial charge in [0.25, 0.3) is 11.8 Å². The molecule has 4 heteroatoms. The first-order chi connectivity index (χ1) is 11.5. The van der Waals surface area contributed by atoms with Crippen LogP contribution in [0.15, 0.2) is 48.5 Å². The molecular formula is C20H24N2O2. The van der Waals surface area contributed by atoms with Gasteiger partial charge < -0.3 is 10.6 Å². The molecule has 0 aromatic heterocycles. The van der Waals surface area contributed by atoms with Crippen LogP contribution in [0.2, 0.25) is 0 Å². The highest BCUT2D eigenvalue weighted by molar-refractivity contribution is 6.05. The van der Waals surface area contributed by atoms with E-state index in [9.17, 15) is 9.59 Å². The van der Waals surface area contributed by atoms with Gasteiger partial charge in [0.2, 0.25) is 0 Å². The number of rotatable bonds is 6. The van der Waals surface area contributed by atoms with Crippen LogP contribution in [0.25, 0.3) is 0 Å². The Bertz CT molecular complexity index is 706. The van der Waals surface area contributed by atoms with Gasteiger partial charge in [-0.15, -0.1) is 0 Å². The fourth-order valence-corrected chi connectivity index (χ4v) is 2.26. The highest BCUT2D eigenvalue weighted by Gasteiger charge is 2.10. The Balaban J connectivity index is 1.97. The topological polar surface area (TPSA) is 58.2 Å². The Morgan fingerprint density at radius 3 is 2.08 bits per heavy atom. The normalized spacial score (nSPS) is 10.5. The van der Waals surface area contributed by atoms with E-state index in [1.54, 1.807) is 24.3 Å². The van der Waals surface area contributed by atoms with Crippen molar-refractivity contribution in [2.75, 3.05) is 11.9 Å². The van der Waals surface area contributed by atoms with Crippen molar-refractivity contribution >= 4 is 17.5 Å². The van der Waals surface area contributed by atoms with Gasteiger partial charge in [0.1, 0.15) is 0 Å². The number of carbonyl (C=O) groups is 2. The van der Waals surface area contributed by atoms with Gasteiger partial charge in [-0.25, -0.2) is 0 Å². The minimum Gasteiger partial charge on any atom is -0.352 e. The number of hydrogen-bond acceptors (Lipinski definition) is 2. The van der Waals surface area contributed by atoms with Crippen molar-refractivity contribution in [3.8, 4) is 0 Å². The molecule has 0 saturated carbocycles. The lowest BCUT2D eigenvalue weighted by Gasteiger charge is -2.09. The summed E-state index contributed by atoms with van der Waals surface area (Å²) in [5.41, 5.74) is 2.88. The largest absolute Gasteiger partial charge is 0.352 e. The van der Waals surface area contributed by atoms with E-state index in [1.807, 2.05) is 31.2 Å². The molecule has 126 valence electrons. The molecule has 0 atom stereocenters. The van der Waals surface area contributed by atoms with E-state index in [2.05, 4.69) is 24.5 Å². The standard InChI is InChI=1S/C20H24N2O2/c1-14(2)12-13-21-19(23)16-8-10-17(11-9-16)20(24)22-18-7-5-4-6-15(18)3/h4-11,14H,12-13H2,1-3H3,(H,21,23)(H,22,24). The zero-order chi connectivity index (χ0) is 17.5. The number of carbonyl (C=O) groups excluding carboxylic acids is 2. The second-order valence-electron chi connectivity index (χ2n) is 6.28. The molecule has 0 aliphatic carbocycles. The van der Waals surface area contributed by atoms with Crippen molar-refractivity contribution in [3.05, 3.63) is 65.2 Å². The van der Waals surface area contributed by atoms with Gasteiger partial charge in [0.05, 0.1) is 0 Å². The molecule has 0 bridgehead atoms. The first kappa shape index (κ1) is 17.7. The molecule has 2 aromatic carbocycles. The van der Waals surface area contributed by atoms with Crippen LogP contribution < -0.4 is 10.6 Å². The number of nitrogens with one attached hydrogen (secondary N) is 2. The summed E-state index contributed by atoms with van der Waals surface area (Å²) in [7, 11) is 0. The molecule has 24 heavy (non-hydrogen) atoms. The zero-order valence-corrected chi connectivity index (χ0v) is 14.4. The van der Waals surface area contributed by atoms with Crippen molar-refractivity contribution < 1.29 is 9.59 Å². The van der Waals surface area contributed by atoms with Crippen LogP contribution in [0.3, 0.4) is 0 Å². The van der Waals surface area contributed by atoms with Crippen molar-refractivity contribution in [1.29, 1.82) is 0 Å². The Kier molecular flexibility index (Phi) is 6.13. The number of aryl methyl sites for hydroxylation is 1. The number of para-hydroxylation sites is 1. The number of hydrogen-bond donors (Lipinski definition) is 2. The van der Waals surface area contributed by atoms with Gasteiger partial charge in [0.15, 0.2) is 0 Å². The third-order valence-corrected chi connectivity index (χ3v) is 3.81. The van der Waals surface area contributed by atoms with E-state index in [1.165, 1.54) is 0 Å². The molecule has 2 aromatic rings. The van der Waals surface area contributed by atoms with E-state index in [0.29, 0.717) is 23.6 Å². The smallest absolute Gasteiger partial charge is 0.255 e. The Morgan fingerprint density at radius 1 is 0.917 bits per heavy atom. The first-order valence-corrected chi connectivity index (χ1v) is 8.22. The molecule has 4 nitrogen and oxygen atoms in total. The van der Waals surface area contributed by atoms with Crippen LogP contribution in [0.1, 0.15) is 46.5 Å². The van der Waals surface area contributed by atoms with Gasteiger partial charge in [-0.2, -0.15) is 0 Å². The van der Waals surface area contributed by atoms with E-state index in [-0.39, 0.29) is 11.8 Å². The van der Waals surface area contributed by atoms with Crippen LogP contribution >= 0.6 is 0 Å². The maximum absolute atomic E-state index is 12.3. The molecule has 0 spiro atoms. The second-order valence-corrected chi connectivity index (χ2v) is 6.28. The molecule has 0 fully saturated rings. The summed E-state index contributed by atoms with van der Waals surface area (Å²) in [6.07, 6.45) is 0.947. The molecule has 0 saturated heterocycles. The van der Waals surface area contributed by atoms with Crippen LogP contribution in [0, 0.1) is 12.8 Å². The van der Waals surface area contributed by atoms with Gasteiger partial charge in [-0.1, -0.05) is 32.0 Å². The van der Waals surface area contributed by atoms with Crippen LogP contribution in [-0.2, 0) is 0 Å². The van der Waals surface area contributed by atoms with Crippen molar-refractivity contribution in [2.45, 2.75) is 27.2 Å². The number of benzene rings is 2. The molecule has 0 radical (unpaired) electrons. The summed E-state index contributed by atoms with van der Waals surface area (Å²) in [5.74, 6) is 0.260. The highest BCUT2D eigenvalue weighted by Crippen LogP contribution is 2.15. The lowest BCUT2D eigenvalue weighted by molar-refractivity contribution is 0.0950. The highest BCUT2D eigenvalue weighted by atomic mass is 16.2. The summed E-state index contributed by atoms with van der Waals surface area (Å²) < 4.78 is 0. The summed E-state index contributed by atoms with van der Waals surface area (Å²) in [6, 6.07) is 14.3. The molecule has 2 N–H and O–H groups in total. The monoisotopic (exact) mass is 324 g/mol. The second kappa shape index (κ2) is 8.29. The average molecular weight is 324 g/mol. The Morgan fingerprint density at radius 2 is 1.50 bits per heavy atom. The van der Waals surface area contributed by atoms with E-state index < -0.39 is 0 Å². The third-order valence-electron chi connectivity index (χ3n) is 3.81. The predicted octanol–water partition coefficient (Wildman–Crippen LogP) is 4.02. The molecule has 0 heterocycles. The van der Waals surface area contributed by atoms with Crippen molar-refractivity contribution in [3.63, 3.8) is 0 Å². The van der Waals surface area contributed by atoms with Crippen molar-refractivity contribution in [1.82, 2.24) is 5.32 Å². The summed E-state index contributed by atoms with van der Waals surface area (Å²) in [6.45, 7) is 6.84.